The van der Waals surface area contributed by atoms with Gasteiger partial charge in [-0.25, -0.2) is 0 Å². The van der Waals surface area contributed by atoms with Crippen molar-refractivity contribution in [2.24, 2.45) is 5.73 Å². The molecule has 1 atom stereocenters. The number of nitrogens with two attached hydrogens (primary N) is 1. The highest BCUT2D eigenvalue weighted by Crippen LogP contribution is 2.28. The summed E-state index contributed by atoms with van der Waals surface area (Å²) in [6.45, 7) is 1.85. The van der Waals surface area contributed by atoms with Crippen LogP contribution in [0.5, 0.6) is 5.75 Å². The van der Waals surface area contributed by atoms with E-state index in [9.17, 15) is 13.2 Å². The second-order valence-electron chi connectivity index (χ2n) is 4.49. The number of hydrogen-bond acceptors (Lipinski definition) is 2. The fourth-order valence-corrected chi connectivity index (χ4v) is 1.87. The first kappa shape index (κ1) is 17.3. The van der Waals surface area contributed by atoms with Crippen LogP contribution in [0.4, 0.5) is 13.2 Å². The van der Waals surface area contributed by atoms with E-state index in [0.29, 0.717) is 5.56 Å². The van der Waals surface area contributed by atoms with E-state index in [0.717, 1.165) is 11.1 Å². The lowest BCUT2D eigenvalue weighted by molar-refractivity contribution is -0.274. The van der Waals surface area contributed by atoms with Crippen LogP contribution in [-0.4, -0.2) is 6.36 Å². The number of alkyl halides is 3. The van der Waals surface area contributed by atoms with Gasteiger partial charge in [0.25, 0.3) is 0 Å². The molecule has 0 spiro atoms. The Kier molecular flexibility index (Phi) is 5.63. The molecule has 0 aliphatic heterocycles. The zero-order chi connectivity index (χ0) is 14.8. The van der Waals surface area contributed by atoms with Crippen molar-refractivity contribution in [2.75, 3.05) is 0 Å². The van der Waals surface area contributed by atoms with Gasteiger partial charge in [-0.2, -0.15) is 0 Å². The summed E-state index contributed by atoms with van der Waals surface area (Å²) in [4.78, 5) is 0. The SMILES string of the molecule is C[C@H](N)c1cccc(-c2cccc(OC(F)(F)F)c2)c1.Cl. The zero-order valence-corrected chi connectivity index (χ0v) is 12.0. The summed E-state index contributed by atoms with van der Waals surface area (Å²) in [5, 5.41) is 0. The molecule has 2 nitrogen and oxygen atoms in total. The minimum Gasteiger partial charge on any atom is -0.406 e. The normalized spacial score (nSPS) is 12.4. The van der Waals surface area contributed by atoms with Crippen LogP contribution in [-0.2, 0) is 0 Å². The molecule has 0 saturated heterocycles. The van der Waals surface area contributed by atoms with Crippen LogP contribution in [0.25, 0.3) is 11.1 Å². The van der Waals surface area contributed by atoms with Crippen molar-refractivity contribution in [3.8, 4) is 16.9 Å². The number of halogens is 4. The lowest BCUT2D eigenvalue weighted by Crippen LogP contribution is -2.17. The van der Waals surface area contributed by atoms with Gasteiger partial charge in [0.2, 0.25) is 0 Å². The molecule has 2 aromatic carbocycles. The largest absolute Gasteiger partial charge is 0.573 e. The van der Waals surface area contributed by atoms with Gasteiger partial charge in [0, 0.05) is 6.04 Å². The van der Waals surface area contributed by atoms with Gasteiger partial charge in [-0.3, -0.25) is 0 Å². The summed E-state index contributed by atoms with van der Waals surface area (Å²) in [6, 6.07) is 13.1. The van der Waals surface area contributed by atoms with E-state index in [-0.39, 0.29) is 24.2 Å². The van der Waals surface area contributed by atoms with Gasteiger partial charge >= 0.3 is 6.36 Å². The van der Waals surface area contributed by atoms with Gasteiger partial charge in [0.1, 0.15) is 5.75 Å². The van der Waals surface area contributed by atoms with Gasteiger partial charge in [-0.05, 0) is 41.8 Å². The van der Waals surface area contributed by atoms with Crippen molar-refractivity contribution in [3.63, 3.8) is 0 Å². The fraction of sp³-hybridized carbons (Fsp3) is 0.200. The molecule has 0 unspecified atom stereocenters. The molecule has 0 bridgehead atoms. The standard InChI is InChI=1S/C15H14F3NO.ClH/c1-10(19)11-4-2-5-12(8-11)13-6-3-7-14(9-13)20-15(16,17)18;/h2-10H,19H2,1H3;1H/t10-;/m0./s1. The minimum absolute atomic E-state index is 0. The smallest absolute Gasteiger partial charge is 0.406 e. The van der Waals surface area contributed by atoms with Crippen molar-refractivity contribution in [1.82, 2.24) is 0 Å². The highest BCUT2D eigenvalue weighted by molar-refractivity contribution is 5.85. The molecule has 0 aromatic heterocycles. The van der Waals surface area contributed by atoms with E-state index < -0.39 is 6.36 Å². The third-order valence-electron chi connectivity index (χ3n) is 2.81. The predicted molar refractivity (Wildman–Crippen MR) is 78.4 cm³/mol. The Morgan fingerprint density at radius 1 is 1.00 bits per heavy atom. The average molecular weight is 318 g/mol. The third kappa shape index (κ3) is 4.95. The summed E-state index contributed by atoms with van der Waals surface area (Å²) in [7, 11) is 0. The monoisotopic (exact) mass is 317 g/mol. The molecule has 2 rings (SSSR count). The quantitative estimate of drug-likeness (QED) is 0.891. The molecule has 0 fully saturated rings. The van der Waals surface area contributed by atoms with Crippen LogP contribution < -0.4 is 10.5 Å². The Hall–Kier alpha value is -1.72. The molecule has 0 saturated carbocycles. The first-order chi connectivity index (χ1) is 9.35. The van der Waals surface area contributed by atoms with E-state index in [1.807, 2.05) is 31.2 Å². The summed E-state index contributed by atoms with van der Waals surface area (Å²) in [5.41, 5.74) is 8.17. The molecule has 0 aliphatic rings. The topological polar surface area (TPSA) is 35.2 Å². The second-order valence-corrected chi connectivity index (χ2v) is 4.49. The lowest BCUT2D eigenvalue weighted by Gasteiger charge is -2.11. The number of benzene rings is 2. The molecule has 0 aliphatic carbocycles. The molecule has 6 heteroatoms. The predicted octanol–water partition coefficient (Wildman–Crippen LogP) is 4.69. The van der Waals surface area contributed by atoms with E-state index in [4.69, 9.17) is 5.73 Å². The number of rotatable bonds is 3. The molecule has 2 aromatic rings. The van der Waals surface area contributed by atoms with Crippen LogP contribution >= 0.6 is 12.4 Å². The first-order valence-corrected chi connectivity index (χ1v) is 6.07. The van der Waals surface area contributed by atoms with Gasteiger partial charge in [0.15, 0.2) is 0 Å². The van der Waals surface area contributed by atoms with Crippen LogP contribution in [0.3, 0.4) is 0 Å². The molecule has 0 heterocycles. The van der Waals surface area contributed by atoms with E-state index >= 15 is 0 Å². The average Bonchev–Trinajstić information content (AvgIpc) is 2.37. The van der Waals surface area contributed by atoms with Crippen molar-refractivity contribution in [2.45, 2.75) is 19.3 Å². The number of hydrogen-bond donors (Lipinski definition) is 1. The maximum Gasteiger partial charge on any atom is 0.573 e. The Morgan fingerprint density at radius 2 is 1.57 bits per heavy atom. The molecule has 2 N–H and O–H groups in total. The van der Waals surface area contributed by atoms with Gasteiger partial charge < -0.3 is 10.5 Å². The first-order valence-electron chi connectivity index (χ1n) is 6.07. The molecule has 0 amide bonds. The molecule has 114 valence electrons. The summed E-state index contributed by atoms with van der Waals surface area (Å²) in [6.07, 6.45) is -4.69. The van der Waals surface area contributed by atoms with Crippen molar-refractivity contribution in [3.05, 3.63) is 54.1 Å². The van der Waals surface area contributed by atoms with Crippen molar-refractivity contribution < 1.29 is 17.9 Å². The highest BCUT2D eigenvalue weighted by atomic mass is 35.5. The molecule has 0 radical (unpaired) electrons. The van der Waals surface area contributed by atoms with E-state index in [2.05, 4.69) is 4.74 Å². The van der Waals surface area contributed by atoms with Gasteiger partial charge in [-0.1, -0.05) is 30.3 Å². The summed E-state index contributed by atoms with van der Waals surface area (Å²) < 4.78 is 40.5. The number of ether oxygens (including phenoxy) is 1. The van der Waals surface area contributed by atoms with Crippen LogP contribution in [0.15, 0.2) is 48.5 Å². The minimum atomic E-state index is -4.69. The second kappa shape index (κ2) is 6.83. The molecular formula is C15H15ClF3NO. The zero-order valence-electron chi connectivity index (χ0n) is 11.2. The van der Waals surface area contributed by atoms with Crippen molar-refractivity contribution in [1.29, 1.82) is 0 Å². The van der Waals surface area contributed by atoms with Crippen LogP contribution in [0.2, 0.25) is 0 Å². The summed E-state index contributed by atoms with van der Waals surface area (Å²) >= 11 is 0. The Balaban J connectivity index is 0.00000220. The third-order valence-corrected chi connectivity index (χ3v) is 2.81. The summed E-state index contributed by atoms with van der Waals surface area (Å²) in [5.74, 6) is -0.235. The maximum atomic E-state index is 12.2. The van der Waals surface area contributed by atoms with Crippen LogP contribution in [0.1, 0.15) is 18.5 Å². The van der Waals surface area contributed by atoms with E-state index in [1.165, 1.54) is 18.2 Å². The van der Waals surface area contributed by atoms with Gasteiger partial charge in [-0.15, -0.1) is 25.6 Å². The maximum absolute atomic E-state index is 12.2. The molecular weight excluding hydrogens is 303 g/mol. The van der Waals surface area contributed by atoms with E-state index in [1.54, 1.807) is 6.07 Å². The molecule has 21 heavy (non-hydrogen) atoms. The van der Waals surface area contributed by atoms with Crippen LogP contribution in [0, 0.1) is 0 Å². The fourth-order valence-electron chi connectivity index (χ4n) is 1.87. The Bertz CT molecular complexity index is 599. The van der Waals surface area contributed by atoms with Crippen molar-refractivity contribution >= 4 is 12.4 Å². The Morgan fingerprint density at radius 3 is 2.14 bits per heavy atom. The lowest BCUT2D eigenvalue weighted by atomic mass is 10.0. The highest BCUT2D eigenvalue weighted by Gasteiger charge is 2.31. The Labute approximate surface area is 127 Å². The van der Waals surface area contributed by atoms with Gasteiger partial charge in [0.05, 0.1) is 0 Å².